The van der Waals surface area contributed by atoms with Crippen molar-refractivity contribution in [2.24, 2.45) is 0 Å². The topological polar surface area (TPSA) is 60.9 Å². The van der Waals surface area contributed by atoms with E-state index in [0.29, 0.717) is 25.2 Å². The molecule has 1 unspecified atom stereocenters. The molecule has 0 saturated carbocycles. The van der Waals surface area contributed by atoms with Crippen LogP contribution in [0.2, 0.25) is 0 Å². The van der Waals surface area contributed by atoms with Crippen LogP contribution in [0, 0.1) is 0 Å². The molecule has 4 rings (SSSR count). The summed E-state index contributed by atoms with van der Waals surface area (Å²) in [5.41, 5.74) is 3.76. The van der Waals surface area contributed by atoms with E-state index in [4.69, 9.17) is 0 Å². The van der Waals surface area contributed by atoms with Crippen LogP contribution in [0.4, 0.5) is 4.79 Å². The van der Waals surface area contributed by atoms with Gasteiger partial charge in [-0.1, -0.05) is 36.4 Å². The lowest BCUT2D eigenvalue weighted by molar-refractivity contribution is 0.0696. The number of amides is 2. The van der Waals surface area contributed by atoms with Gasteiger partial charge in [-0.3, -0.25) is 0 Å². The number of hydrogen-bond donors (Lipinski definition) is 1. The summed E-state index contributed by atoms with van der Waals surface area (Å²) >= 11 is 0. The molecule has 134 valence electrons. The second kappa shape index (κ2) is 6.83. The quantitative estimate of drug-likeness (QED) is 0.898. The Kier molecular flexibility index (Phi) is 4.37. The first-order chi connectivity index (χ1) is 12.6. The molecule has 2 aliphatic rings. The van der Waals surface area contributed by atoms with Crippen LogP contribution in [0.15, 0.2) is 48.5 Å². The third kappa shape index (κ3) is 3.17. The zero-order chi connectivity index (χ0) is 18.1. The normalized spacial score (nSPS) is 19.3. The Morgan fingerprint density at radius 3 is 2.38 bits per heavy atom. The molecule has 2 heterocycles. The number of aromatic carboxylic acids is 1. The van der Waals surface area contributed by atoms with Crippen LogP contribution in [0.1, 0.15) is 45.8 Å². The number of urea groups is 1. The van der Waals surface area contributed by atoms with E-state index in [0.717, 1.165) is 24.9 Å². The molecule has 1 atom stereocenters. The van der Waals surface area contributed by atoms with Gasteiger partial charge < -0.3 is 14.9 Å². The zero-order valence-electron chi connectivity index (χ0n) is 14.6. The fourth-order valence-electron chi connectivity index (χ4n) is 4.02. The SMILES string of the molecule is O=C(O)c1cccc(C2CCCN(C(=O)N3Cc4ccccc4C3)C2)c1. The number of carboxylic acids is 1. The lowest BCUT2D eigenvalue weighted by Crippen LogP contribution is -2.45. The molecule has 5 heteroatoms. The Balaban J connectivity index is 1.46. The number of carbonyl (C=O) groups is 2. The highest BCUT2D eigenvalue weighted by atomic mass is 16.4. The molecular formula is C21H22N2O3. The Morgan fingerprint density at radius 1 is 0.962 bits per heavy atom. The van der Waals surface area contributed by atoms with E-state index in [9.17, 15) is 14.7 Å². The number of piperidine rings is 1. The average Bonchev–Trinajstić information content (AvgIpc) is 3.12. The minimum atomic E-state index is -0.912. The van der Waals surface area contributed by atoms with Gasteiger partial charge in [0.15, 0.2) is 0 Å². The number of carbonyl (C=O) groups excluding carboxylic acids is 1. The van der Waals surface area contributed by atoms with Crippen LogP contribution in [0.5, 0.6) is 0 Å². The fourth-order valence-corrected chi connectivity index (χ4v) is 4.02. The van der Waals surface area contributed by atoms with E-state index < -0.39 is 5.97 Å². The van der Waals surface area contributed by atoms with Gasteiger partial charge in [0.25, 0.3) is 0 Å². The molecule has 1 fully saturated rings. The summed E-state index contributed by atoms with van der Waals surface area (Å²) in [5.74, 6) is -0.720. The molecule has 0 spiro atoms. The molecule has 2 aromatic carbocycles. The highest BCUT2D eigenvalue weighted by Gasteiger charge is 2.31. The Bertz CT molecular complexity index is 824. The predicted octanol–water partition coefficient (Wildman–Crippen LogP) is 3.70. The van der Waals surface area contributed by atoms with Crippen molar-refractivity contribution in [1.82, 2.24) is 9.80 Å². The first-order valence-electron chi connectivity index (χ1n) is 9.05. The molecule has 1 N–H and O–H groups in total. The number of fused-ring (bicyclic) bond motifs is 1. The standard InChI is InChI=1S/C21H22N2O3/c24-20(25)16-8-3-7-15(11-16)17-9-4-10-22(12-17)21(26)23-13-18-5-1-2-6-19(18)14-23/h1-3,5-8,11,17H,4,9-10,12-14H2,(H,24,25). The number of benzene rings is 2. The zero-order valence-corrected chi connectivity index (χ0v) is 14.6. The van der Waals surface area contributed by atoms with Crippen molar-refractivity contribution in [1.29, 1.82) is 0 Å². The molecule has 2 amide bonds. The molecule has 2 aliphatic heterocycles. The summed E-state index contributed by atoms with van der Waals surface area (Å²) in [6, 6.07) is 15.4. The molecule has 0 aromatic heterocycles. The van der Waals surface area contributed by atoms with E-state index in [-0.39, 0.29) is 11.9 Å². The maximum atomic E-state index is 13.0. The van der Waals surface area contributed by atoms with Gasteiger partial charge in [-0.25, -0.2) is 9.59 Å². The summed E-state index contributed by atoms with van der Waals surface area (Å²) in [7, 11) is 0. The molecule has 0 aliphatic carbocycles. The summed E-state index contributed by atoms with van der Waals surface area (Å²) < 4.78 is 0. The number of nitrogens with zero attached hydrogens (tertiary/aromatic N) is 2. The Hall–Kier alpha value is -2.82. The van der Waals surface area contributed by atoms with Gasteiger partial charge >= 0.3 is 12.0 Å². The van der Waals surface area contributed by atoms with Crippen LogP contribution in [-0.2, 0) is 13.1 Å². The Labute approximate surface area is 152 Å². The molecule has 2 aromatic rings. The molecule has 0 radical (unpaired) electrons. The number of carboxylic acid groups (broad SMARTS) is 1. The van der Waals surface area contributed by atoms with Crippen molar-refractivity contribution in [3.63, 3.8) is 0 Å². The minimum absolute atomic E-state index is 0.0836. The van der Waals surface area contributed by atoms with Crippen molar-refractivity contribution in [2.45, 2.75) is 31.8 Å². The van der Waals surface area contributed by atoms with Crippen LogP contribution in [-0.4, -0.2) is 40.0 Å². The second-order valence-corrected chi connectivity index (χ2v) is 7.12. The van der Waals surface area contributed by atoms with Gasteiger partial charge in [-0.15, -0.1) is 0 Å². The fraction of sp³-hybridized carbons (Fsp3) is 0.333. The van der Waals surface area contributed by atoms with Crippen molar-refractivity contribution < 1.29 is 14.7 Å². The molecule has 26 heavy (non-hydrogen) atoms. The second-order valence-electron chi connectivity index (χ2n) is 7.12. The maximum Gasteiger partial charge on any atom is 0.335 e. The third-order valence-corrected chi connectivity index (χ3v) is 5.41. The first-order valence-corrected chi connectivity index (χ1v) is 9.05. The van der Waals surface area contributed by atoms with Gasteiger partial charge in [-0.2, -0.15) is 0 Å². The average molecular weight is 350 g/mol. The maximum absolute atomic E-state index is 13.0. The Morgan fingerprint density at radius 2 is 1.69 bits per heavy atom. The van der Waals surface area contributed by atoms with E-state index >= 15 is 0 Å². The summed E-state index contributed by atoms with van der Waals surface area (Å²) in [6.45, 7) is 2.75. The summed E-state index contributed by atoms with van der Waals surface area (Å²) in [5, 5.41) is 9.21. The monoisotopic (exact) mass is 350 g/mol. The highest BCUT2D eigenvalue weighted by Crippen LogP contribution is 2.30. The van der Waals surface area contributed by atoms with Crippen LogP contribution < -0.4 is 0 Å². The third-order valence-electron chi connectivity index (χ3n) is 5.41. The molecule has 5 nitrogen and oxygen atoms in total. The van der Waals surface area contributed by atoms with Gasteiger partial charge in [-0.05, 0) is 41.7 Å². The van der Waals surface area contributed by atoms with Crippen molar-refractivity contribution in [3.8, 4) is 0 Å². The van der Waals surface area contributed by atoms with E-state index in [2.05, 4.69) is 12.1 Å². The van der Waals surface area contributed by atoms with E-state index in [1.807, 2.05) is 28.0 Å². The smallest absolute Gasteiger partial charge is 0.335 e. The van der Waals surface area contributed by atoms with Crippen LogP contribution in [0.25, 0.3) is 0 Å². The largest absolute Gasteiger partial charge is 0.478 e. The van der Waals surface area contributed by atoms with Crippen molar-refractivity contribution in [3.05, 3.63) is 70.8 Å². The van der Waals surface area contributed by atoms with Gasteiger partial charge in [0.2, 0.25) is 0 Å². The predicted molar refractivity (Wildman–Crippen MR) is 98.0 cm³/mol. The number of rotatable bonds is 2. The van der Waals surface area contributed by atoms with Gasteiger partial charge in [0.1, 0.15) is 0 Å². The summed E-state index contributed by atoms with van der Waals surface area (Å²) in [4.78, 5) is 28.0. The first kappa shape index (κ1) is 16.6. The van der Waals surface area contributed by atoms with Crippen LogP contribution >= 0.6 is 0 Å². The summed E-state index contributed by atoms with van der Waals surface area (Å²) in [6.07, 6.45) is 1.92. The van der Waals surface area contributed by atoms with Crippen molar-refractivity contribution in [2.75, 3.05) is 13.1 Å². The lowest BCUT2D eigenvalue weighted by Gasteiger charge is -2.35. The van der Waals surface area contributed by atoms with Gasteiger partial charge in [0, 0.05) is 32.1 Å². The van der Waals surface area contributed by atoms with E-state index in [1.165, 1.54) is 11.1 Å². The number of likely N-dealkylation sites (tertiary alicyclic amines) is 1. The molecule has 1 saturated heterocycles. The van der Waals surface area contributed by atoms with Crippen molar-refractivity contribution >= 4 is 12.0 Å². The molecule has 0 bridgehead atoms. The minimum Gasteiger partial charge on any atom is -0.478 e. The lowest BCUT2D eigenvalue weighted by atomic mass is 9.90. The van der Waals surface area contributed by atoms with Crippen LogP contribution in [0.3, 0.4) is 0 Å². The number of hydrogen-bond acceptors (Lipinski definition) is 2. The molecular weight excluding hydrogens is 328 g/mol. The highest BCUT2D eigenvalue weighted by molar-refractivity contribution is 5.87. The van der Waals surface area contributed by atoms with E-state index in [1.54, 1.807) is 18.2 Å². The van der Waals surface area contributed by atoms with Gasteiger partial charge in [0.05, 0.1) is 5.56 Å².